The molecule has 0 aromatic rings. The second kappa shape index (κ2) is 4.98. The van der Waals surface area contributed by atoms with E-state index in [-0.39, 0.29) is 10.8 Å². The van der Waals surface area contributed by atoms with E-state index in [2.05, 4.69) is 47.3 Å². The van der Waals surface area contributed by atoms with Gasteiger partial charge in [-0.05, 0) is 34.1 Å². The summed E-state index contributed by atoms with van der Waals surface area (Å²) in [5, 5.41) is 0.0385. The first-order valence-corrected chi connectivity index (χ1v) is 9.21. The molecule has 0 spiro atoms. The molecule has 0 saturated carbocycles. The monoisotopic (exact) mass is 232 g/mol. The molecule has 0 heterocycles. The average molecular weight is 232 g/mol. The van der Waals surface area contributed by atoms with Crippen molar-refractivity contribution < 1.29 is 9.47 Å². The van der Waals surface area contributed by atoms with Crippen molar-refractivity contribution in [3.63, 3.8) is 0 Å². The first-order chi connectivity index (χ1) is 6.52. The van der Waals surface area contributed by atoms with E-state index in [9.17, 15) is 0 Å². The number of rotatable bonds is 6. The second-order valence-corrected chi connectivity index (χ2v) is 12.0. The smallest absolute Gasteiger partial charge is 0.0817 e. The fourth-order valence-corrected chi connectivity index (χ4v) is 1.41. The summed E-state index contributed by atoms with van der Waals surface area (Å²) in [5.41, 5.74) is -0.0739. The van der Waals surface area contributed by atoms with Crippen LogP contribution in [0.5, 0.6) is 0 Å². The Labute approximate surface area is 96.4 Å². The Hall–Kier alpha value is 0.137. The Morgan fingerprint density at radius 3 is 1.80 bits per heavy atom. The normalized spacial score (nSPS) is 14.4. The Morgan fingerprint density at radius 1 is 1.00 bits per heavy atom. The highest BCUT2D eigenvalue weighted by Crippen LogP contribution is 2.25. The van der Waals surface area contributed by atoms with Crippen LogP contribution in [0.1, 0.15) is 34.1 Å². The van der Waals surface area contributed by atoms with Gasteiger partial charge in [0, 0.05) is 13.7 Å². The van der Waals surface area contributed by atoms with Gasteiger partial charge in [0.25, 0.3) is 0 Å². The summed E-state index contributed by atoms with van der Waals surface area (Å²) in [5.74, 6) is 0. The zero-order valence-electron chi connectivity index (χ0n) is 11.7. The van der Waals surface area contributed by atoms with Crippen molar-refractivity contribution in [2.45, 2.75) is 64.6 Å². The van der Waals surface area contributed by atoms with Gasteiger partial charge in [-0.3, -0.25) is 0 Å². The lowest BCUT2D eigenvalue weighted by molar-refractivity contribution is -0.0327. The molecule has 0 aliphatic rings. The van der Waals surface area contributed by atoms with E-state index in [0.29, 0.717) is 0 Å². The zero-order valence-corrected chi connectivity index (χ0v) is 12.7. The van der Waals surface area contributed by atoms with Crippen LogP contribution >= 0.6 is 0 Å². The predicted molar refractivity (Wildman–Crippen MR) is 69.1 cm³/mol. The van der Waals surface area contributed by atoms with Crippen LogP contribution in [-0.2, 0) is 9.47 Å². The molecule has 15 heavy (non-hydrogen) atoms. The molecule has 0 unspecified atom stereocenters. The van der Waals surface area contributed by atoms with Crippen LogP contribution < -0.4 is 0 Å². The van der Waals surface area contributed by atoms with E-state index in [1.165, 1.54) is 0 Å². The molecule has 0 atom stereocenters. The second-order valence-electron chi connectivity index (χ2n) is 6.32. The minimum Gasteiger partial charge on any atom is -0.379 e. The van der Waals surface area contributed by atoms with Crippen LogP contribution in [0.15, 0.2) is 0 Å². The molecule has 0 rings (SSSR count). The minimum absolute atomic E-state index is 0.0385. The molecule has 3 heteroatoms. The van der Waals surface area contributed by atoms with Gasteiger partial charge in [-0.2, -0.15) is 0 Å². The maximum atomic E-state index is 6.01. The third-order valence-electron chi connectivity index (χ3n) is 3.53. The van der Waals surface area contributed by atoms with Gasteiger partial charge in [-0.15, -0.1) is 0 Å². The van der Waals surface area contributed by atoms with Crippen LogP contribution in [0.25, 0.3) is 0 Å². The molecule has 92 valence electrons. The SMILES string of the molecule is COC(C)(C)CCOC(C)(C)[Si](C)(C)C. The first kappa shape index (κ1) is 15.1. The summed E-state index contributed by atoms with van der Waals surface area (Å²) in [6, 6.07) is 0. The summed E-state index contributed by atoms with van der Waals surface area (Å²) < 4.78 is 11.4. The molecule has 2 nitrogen and oxygen atoms in total. The molecule has 0 bridgehead atoms. The van der Waals surface area contributed by atoms with Crippen molar-refractivity contribution in [1.82, 2.24) is 0 Å². The number of hydrogen-bond acceptors (Lipinski definition) is 2. The fraction of sp³-hybridized carbons (Fsp3) is 1.00. The molecule has 0 N–H and O–H groups in total. The maximum absolute atomic E-state index is 6.01. The lowest BCUT2D eigenvalue weighted by Crippen LogP contribution is -2.50. The van der Waals surface area contributed by atoms with E-state index < -0.39 is 8.07 Å². The predicted octanol–water partition coefficient (Wildman–Crippen LogP) is 3.47. The number of hydrogen-bond donors (Lipinski definition) is 0. The quantitative estimate of drug-likeness (QED) is 0.653. The Bertz CT molecular complexity index is 192. The topological polar surface area (TPSA) is 18.5 Å². The van der Waals surface area contributed by atoms with Crippen molar-refractivity contribution in [1.29, 1.82) is 0 Å². The molecule has 0 amide bonds. The van der Waals surface area contributed by atoms with Gasteiger partial charge in [-0.25, -0.2) is 0 Å². The standard InChI is InChI=1S/C12H28O2Si/c1-11(2,13-5)9-10-14-12(3,4)15(6,7)8/h9-10H2,1-8H3. The lowest BCUT2D eigenvalue weighted by atomic mass is 10.1. The van der Waals surface area contributed by atoms with Gasteiger partial charge >= 0.3 is 0 Å². The van der Waals surface area contributed by atoms with Crippen molar-refractivity contribution in [3.8, 4) is 0 Å². The molecule has 0 aliphatic carbocycles. The largest absolute Gasteiger partial charge is 0.379 e. The highest BCUT2D eigenvalue weighted by Gasteiger charge is 2.35. The molecule has 0 saturated heterocycles. The maximum Gasteiger partial charge on any atom is 0.0817 e. The van der Waals surface area contributed by atoms with E-state index >= 15 is 0 Å². The first-order valence-electron chi connectivity index (χ1n) is 5.71. The van der Waals surface area contributed by atoms with E-state index in [1.807, 2.05) is 0 Å². The van der Waals surface area contributed by atoms with Crippen LogP contribution in [0.3, 0.4) is 0 Å². The third kappa shape index (κ3) is 5.14. The van der Waals surface area contributed by atoms with Crippen molar-refractivity contribution >= 4 is 8.07 Å². The zero-order chi connectivity index (χ0) is 12.3. The summed E-state index contributed by atoms with van der Waals surface area (Å²) >= 11 is 0. The summed E-state index contributed by atoms with van der Waals surface area (Å²) in [7, 11) is 0.499. The Kier molecular flexibility index (Phi) is 5.02. The molecule has 0 aliphatic heterocycles. The van der Waals surface area contributed by atoms with Crippen LogP contribution in [-0.4, -0.2) is 32.6 Å². The summed E-state index contributed by atoms with van der Waals surface area (Å²) in [6.07, 6.45) is 0.942. The van der Waals surface area contributed by atoms with Crippen LogP contribution in [0.4, 0.5) is 0 Å². The van der Waals surface area contributed by atoms with Gasteiger partial charge < -0.3 is 9.47 Å². The molecular weight excluding hydrogens is 204 g/mol. The van der Waals surface area contributed by atoms with E-state index in [0.717, 1.165) is 13.0 Å². The Balaban J connectivity index is 4.07. The fourth-order valence-electron chi connectivity index (χ4n) is 0.871. The van der Waals surface area contributed by atoms with Crippen LogP contribution in [0.2, 0.25) is 19.6 Å². The minimum atomic E-state index is -1.25. The summed E-state index contributed by atoms with van der Waals surface area (Å²) in [6.45, 7) is 16.4. The van der Waals surface area contributed by atoms with E-state index in [4.69, 9.17) is 9.47 Å². The highest BCUT2D eigenvalue weighted by molar-refractivity contribution is 6.78. The van der Waals surface area contributed by atoms with Gasteiger partial charge in [0.2, 0.25) is 0 Å². The van der Waals surface area contributed by atoms with Crippen LogP contribution in [0, 0.1) is 0 Å². The molecule has 0 aromatic heterocycles. The van der Waals surface area contributed by atoms with Gasteiger partial charge in [-0.1, -0.05) is 19.6 Å². The van der Waals surface area contributed by atoms with Crippen molar-refractivity contribution in [2.75, 3.05) is 13.7 Å². The average Bonchev–Trinajstić information content (AvgIpc) is 2.01. The van der Waals surface area contributed by atoms with Gasteiger partial charge in [0.15, 0.2) is 0 Å². The molecule has 0 fully saturated rings. The Morgan fingerprint density at radius 2 is 1.47 bits per heavy atom. The lowest BCUT2D eigenvalue weighted by Gasteiger charge is -2.38. The highest BCUT2D eigenvalue weighted by atomic mass is 28.3. The molecule has 0 aromatic carbocycles. The summed E-state index contributed by atoms with van der Waals surface area (Å²) in [4.78, 5) is 0. The molecular formula is C12H28O2Si. The van der Waals surface area contributed by atoms with Gasteiger partial charge in [0.1, 0.15) is 0 Å². The van der Waals surface area contributed by atoms with E-state index in [1.54, 1.807) is 7.11 Å². The van der Waals surface area contributed by atoms with Gasteiger partial charge in [0.05, 0.1) is 18.9 Å². The third-order valence-corrected chi connectivity index (χ3v) is 7.28. The van der Waals surface area contributed by atoms with Crippen molar-refractivity contribution in [3.05, 3.63) is 0 Å². The van der Waals surface area contributed by atoms with Crippen molar-refractivity contribution in [2.24, 2.45) is 0 Å². The number of ether oxygens (including phenoxy) is 2. The number of methoxy groups -OCH3 is 1. The molecule has 0 radical (unpaired) electrons.